The van der Waals surface area contributed by atoms with Gasteiger partial charge in [0, 0.05) is 37.4 Å². The number of aromatic nitrogens is 1. The molecule has 150 valence electrons. The van der Waals surface area contributed by atoms with Crippen LogP contribution in [0.1, 0.15) is 39.7 Å². The summed E-state index contributed by atoms with van der Waals surface area (Å²) < 4.78 is 2.53. The summed E-state index contributed by atoms with van der Waals surface area (Å²) in [5, 5.41) is 0. The number of hydrogen-bond donors (Lipinski definition) is 0. The molecule has 0 radical (unpaired) electrons. The van der Waals surface area contributed by atoms with Crippen molar-refractivity contribution in [2.24, 2.45) is 0 Å². The van der Waals surface area contributed by atoms with Crippen molar-refractivity contribution in [2.75, 3.05) is 6.54 Å². The molecule has 0 fully saturated rings. The fourth-order valence-electron chi connectivity index (χ4n) is 4.85. The number of aryl methyl sites for hydroxylation is 1. The highest BCUT2D eigenvalue weighted by molar-refractivity contribution is 5.41. The van der Waals surface area contributed by atoms with Crippen molar-refractivity contribution in [1.82, 2.24) is 9.47 Å². The maximum absolute atomic E-state index is 2.64. The van der Waals surface area contributed by atoms with Gasteiger partial charge in [0.2, 0.25) is 0 Å². The molecular weight excluding hydrogens is 364 g/mol. The Kier molecular flexibility index (Phi) is 5.25. The molecule has 0 bridgehead atoms. The van der Waals surface area contributed by atoms with Crippen molar-refractivity contribution >= 4 is 0 Å². The summed E-state index contributed by atoms with van der Waals surface area (Å²) in [6, 6.07) is 35.4. The minimum absolute atomic E-state index is 0.297. The zero-order valence-corrected chi connectivity index (χ0v) is 17.5. The Morgan fingerprint density at radius 2 is 1.30 bits per heavy atom. The Morgan fingerprint density at radius 1 is 0.733 bits per heavy atom. The molecule has 3 aromatic carbocycles. The van der Waals surface area contributed by atoms with Crippen molar-refractivity contribution in [3.63, 3.8) is 0 Å². The predicted molar refractivity (Wildman–Crippen MR) is 124 cm³/mol. The summed E-state index contributed by atoms with van der Waals surface area (Å²) in [7, 11) is 0. The second-order valence-electron chi connectivity index (χ2n) is 8.28. The zero-order valence-electron chi connectivity index (χ0n) is 17.5. The third kappa shape index (κ3) is 3.71. The van der Waals surface area contributed by atoms with E-state index in [1.165, 1.54) is 33.6 Å². The molecule has 0 spiro atoms. The molecule has 1 atom stereocenters. The van der Waals surface area contributed by atoms with Crippen molar-refractivity contribution in [2.45, 2.75) is 32.5 Å². The number of hydrogen-bond acceptors (Lipinski definition) is 1. The summed E-state index contributed by atoms with van der Waals surface area (Å²) >= 11 is 0. The van der Waals surface area contributed by atoms with Crippen LogP contribution in [0.2, 0.25) is 0 Å². The Balaban J connectivity index is 1.54. The molecule has 2 nitrogen and oxygen atoms in total. The van der Waals surface area contributed by atoms with E-state index in [9.17, 15) is 0 Å². The van der Waals surface area contributed by atoms with Crippen LogP contribution in [-0.2, 0) is 19.5 Å². The topological polar surface area (TPSA) is 8.17 Å². The molecule has 1 unspecified atom stereocenters. The Morgan fingerprint density at radius 3 is 1.93 bits per heavy atom. The van der Waals surface area contributed by atoms with Crippen molar-refractivity contribution in [3.05, 3.63) is 131 Å². The lowest BCUT2D eigenvalue weighted by Gasteiger charge is -2.37. The highest BCUT2D eigenvalue weighted by Crippen LogP contribution is 2.38. The second-order valence-corrected chi connectivity index (χ2v) is 8.28. The average molecular weight is 393 g/mol. The number of rotatable bonds is 5. The lowest BCUT2D eigenvalue weighted by Crippen LogP contribution is -2.36. The molecule has 1 aliphatic heterocycles. The van der Waals surface area contributed by atoms with Crippen molar-refractivity contribution < 1.29 is 0 Å². The van der Waals surface area contributed by atoms with Gasteiger partial charge < -0.3 is 4.57 Å². The maximum Gasteiger partial charge on any atom is 0.0622 e. The molecule has 2 heteroatoms. The fraction of sp³-hybridized carbons (Fsp3) is 0.214. The maximum atomic E-state index is 2.64. The minimum Gasteiger partial charge on any atom is -0.344 e. The van der Waals surface area contributed by atoms with E-state index in [1.54, 1.807) is 0 Å². The zero-order chi connectivity index (χ0) is 20.3. The van der Waals surface area contributed by atoms with Crippen LogP contribution in [0.3, 0.4) is 0 Å². The number of nitrogens with zero attached hydrogens (tertiary/aromatic N) is 2. The molecule has 5 rings (SSSR count). The summed E-state index contributed by atoms with van der Waals surface area (Å²) in [5.41, 5.74) is 8.44. The fourth-order valence-corrected chi connectivity index (χ4v) is 4.85. The van der Waals surface area contributed by atoms with Gasteiger partial charge in [-0.25, -0.2) is 0 Å². The number of fused-ring (bicyclic) bond motifs is 1. The molecule has 0 amide bonds. The van der Waals surface area contributed by atoms with E-state index in [4.69, 9.17) is 0 Å². The third-order valence-electron chi connectivity index (χ3n) is 6.27. The molecule has 1 aliphatic rings. The molecule has 4 aromatic rings. The first kappa shape index (κ1) is 18.9. The second kappa shape index (κ2) is 8.33. The standard InChI is InChI=1S/C28H28N2/c1-22-19-26-27(30(22)21-24-13-7-3-8-14-24)17-18-29(20-23-11-5-2-6-12-23)28(26)25-15-9-4-10-16-25/h2-16,19,28H,17-18,20-21H2,1H3. The van der Waals surface area contributed by atoms with Gasteiger partial charge in [-0.2, -0.15) is 0 Å². The van der Waals surface area contributed by atoms with Crippen LogP contribution in [0.25, 0.3) is 0 Å². The van der Waals surface area contributed by atoms with Gasteiger partial charge in [-0.15, -0.1) is 0 Å². The molecular formula is C28H28N2. The van der Waals surface area contributed by atoms with Crippen LogP contribution in [-0.4, -0.2) is 16.0 Å². The summed E-state index contributed by atoms with van der Waals surface area (Å²) in [5.74, 6) is 0. The molecule has 0 saturated heterocycles. The largest absolute Gasteiger partial charge is 0.344 e. The van der Waals surface area contributed by atoms with Crippen molar-refractivity contribution in [3.8, 4) is 0 Å². The molecule has 0 aliphatic carbocycles. The Hall–Kier alpha value is -3.10. The summed E-state index contributed by atoms with van der Waals surface area (Å²) in [4.78, 5) is 2.64. The van der Waals surface area contributed by atoms with Crippen molar-refractivity contribution in [1.29, 1.82) is 0 Å². The Bertz CT molecular complexity index is 1100. The average Bonchev–Trinajstić information content (AvgIpc) is 3.10. The first-order valence-corrected chi connectivity index (χ1v) is 10.9. The van der Waals surface area contributed by atoms with Gasteiger partial charge in [0.15, 0.2) is 0 Å². The van der Waals surface area contributed by atoms with E-state index in [0.29, 0.717) is 6.04 Å². The quantitative estimate of drug-likeness (QED) is 0.405. The van der Waals surface area contributed by atoms with E-state index >= 15 is 0 Å². The minimum atomic E-state index is 0.297. The molecule has 30 heavy (non-hydrogen) atoms. The van der Waals surface area contributed by atoms with E-state index in [1.807, 2.05) is 0 Å². The lowest BCUT2D eigenvalue weighted by atomic mass is 9.92. The van der Waals surface area contributed by atoms with E-state index < -0.39 is 0 Å². The third-order valence-corrected chi connectivity index (χ3v) is 6.27. The van der Waals surface area contributed by atoms with E-state index in [0.717, 1.165) is 26.1 Å². The van der Waals surface area contributed by atoms with Gasteiger partial charge in [0.05, 0.1) is 6.04 Å². The van der Waals surface area contributed by atoms with Crippen LogP contribution in [0.4, 0.5) is 0 Å². The molecule has 2 heterocycles. The van der Waals surface area contributed by atoms with Gasteiger partial charge in [-0.05, 0) is 35.2 Å². The van der Waals surface area contributed by atoms with Gasteiger partial charge >= 0.3 is 0 Å². The van der Waals surface area contributed by atoms with E-state index in [2.05, 4.69) is 113 Å². The first-order chi connectivity index (χ1) is 14.8. The van der Waals surface area contributed by atoms with Crippen LogP contribution in [0.15, 0.2) is 97.1 Å². The molecule has 0 saturated carbocycles. The molecule has 0 N–H and O–H groups in total. The Labute approximate surface area is 179 Å². The highest BCUT2D eigenvalue weighted by Gasteiger charge is 2.31. The SMILES string of the molecule is Cc1cc2c(n1Cc1ccccc1)CCN(Cc1ccccc1)C2c1ccccc1. The summed E-state index contributed by atoms with van der Waals surface area (Å²) in [6.07, 6.45) is 1.09. The first-order valence-electron chi connectivity index (χ1n) is 10.9. The van der Waals surface area contributed by atoms with Gasteiger partial charge in [0.25, 0.3) is 0 Å². The van der Waals surface area contributed by atoms with Gasteiger partial charge in [0.1, 0.15) is 0 Å². The smallest absolute Gasteiger partial charge is 0.0622 e. The highest BCUT2D eigenvalue weighted by atomic mass is 15.2. The van der Waals surface area contributed by atoms with Gasteiger partial charge in [-0.3, -0.25) is 4.90 Å². The molecule has 1 aromatic heterocycles. The number of benzene rings is 3. The van der Waals surface area contributed by atoms with Gasteiger partial charge in [-0.1, -0.05) is 91.0 Å². The lowest BCUT2D eigenvalue weighted by molar-refractivity contribution is 0.202. The van der Waals surface area contributed by atoms with Crippen LogP contribution in [0, 0.1) is 6.92 Å². The van der Waals surface area contributed by atoms with E-state index in [-0.39, 0.29) is 0 Å². The predicted octanol–water partition coefficient (Wildman–Crippen LogP) is 5.99. The van der Waals surface area contributed by atoms with Crippen LogP contribution < -0.4 is 0 Å². The van der Waals surface area contributed by atoms with Crippen LogP contribution in [0.5, 0.6) is 0 Å². The summed E-state index contributed by atoms with van der Waals surface area (Å²) in [6.45, 7) is 5.25. The normalized spacial score (nSPS) is 16.4. The monoisotopic (exact) mass is 392 g/mol. The van der Waals surface area contributed by atoms with Crippen LogP contribution >= 0.6 is 0 Å².